The van der Waals surface area contributed by atoms with Gasteiger partial charge in [-0.2, -0.15) is 0 Å². The smallest absolute Gasteiger partial charge is 0.156 e. The highest BCUT2D eigenvalue weighted by atomic mass is 32.2. The number of sulfone groups is 1. The van der Waals surface area contributed by atoms with E-state index in [1.54, 1.807) is 12.5 Å². The molecule has 0 bridgehead atoms. The van der Waals surface area contributed by atoms with Crippen molar-refractivity contribution in [1.29, 1.82) is 0 Å². The average molecular weight is 388 g/mol. The van der Waals surface area contributed by atoms with Crippen LogP contribution in [0.15, 0.2) is 36.8 Å². The van der Waals surface area contributed by atoms with E-state index < -0.39 is 9.84 Å². The third-order valence-corrected chi connectivity index (χ3v) is 7.83. The van der Waals surface area contributed by atoms with Crippen LogP contribution in [-0.4, -0.2) is 64.9 Å². The highest BCUT2D eigenvalue weighted by molar-refractivity contribution is 7.92. The number of aryl methyl sites for hydroxylation is 1. The van der Waals surface area contributed by atoms with Crippen LogP contribution < -0.4 is 4.90 Å². The number of pyridine rings is 1. The summed E-state index contributed by atoms with van der Waals surface area (Å²) < 4.78 is 25.6. The normalized spacial score (nSPS) is 25.6. The van der Waals surface area contributed by atoms with E-state index in [0.717, 1.165) is 30.2 Å². The number of aromatic nitrogens is 3. The Morgan fingerprint density at radius 3 is 2.78 bits per heavy atom. The second-order valence-corrected chi connectivity index (χ2v) is 9.69. The Bertz CT molecular complexity index is 890. The second kappa shape index (κ2) is 7.52. The third-order valence-electron chi connectivity index (χ3n) is 5.60. The summed E-state index contributed by atoms with van der Waals surface area (Å²) in [4.78, 5) is 17.4. The van der Waals surface area contributed by atoms with Crippen LogP contribution in [0.4, 0.5) is 5.82 Å². The van der Waals surface area contributed by atoms with E-state index in [4.69, 9.17) is 0 Å². The first-order valence-electron chi connectivity index (χ1n) is 9.42. The fourth-order valence-corrected chi connectivity index (χ4v) is 6.29. The van der Waals surface area contributed by atoms with Gasteiger partial charge in [0.05, 0.1) is 16.7 Å². The van der Waals surface area contributed by atoms with E-state index in [1.165, 1.54) is 0 Å². The largest absolute Gasteiger partial charge is 0.356 e. The van der Waals surface area contributed by atoms with Gasteiger partial charge in [-0.1, -0.05) is 6.07 Å². The summed E-state index contributed by atoms with van der Waals surface area (Å²) >= 11 is 0. The fraction of sp³-hybridized carbons (Fsp3) is 0.526. The standard InChI is InChI=1S/C19H25N5O2S/c1-15-3-2-4-16(22-15)13-24-11-12-27(25,26)18-7-10-23(9-6-17(18)24)19-5-8-20-14-21-19/h2-5,8,14,17-18H,6-7,9-13H2,1H3/t17-,18+/m0/s1. The Morgan fingerprint density at radius 1 is 1.15 bits per heavy atom. The van der Waals surface area contributed by atoms with Crippen molar-refractivity contribution >= 4 is 15.7 Å². The van der Waals surface area contributed by atoms with Crippen molar-refractivity contribution < 1.29 is 8.42 Å². The number of nitrogens with zero attached hydrogens (tertiary/aromatic N) is 5. The Balaban J connectivity index is 1.56. The van der Waals surface area contributed by atoms with Gasteiger partial charge >= 0.3 is 0 Å². The van der Waals surface area contributed by atoms with Gasteiger partial charge in [-0.05, 0) is 38.0 Å². The van der Waals surface area contributed by atoms with Crippen LogP contribution >= 0.6 is 0 Å². The van der Waals surface area contributed by atoms with Crippen LogP contribution in [0.3, 0.4) is 0 Å². The summed E-state index contributed by atoms with van der Waals surface area (Å²) in [5.74, 6) is 1.10. The Hall–Kier alpha value is -2.06. The molecule has 2 aliphatic heterocycles. The molecule has 4 heterocycles. The van der Waals surface area contributed by atoms with Crippen LogP contribution in [0.2, 0.25) is 0 Å². The highest BCUT2D eigenvalue weighted by Crippen LogP contribution is 2.30. The Morgan fingerprint density at radius 2 is 2.00 bits per heavy atom. The fourth-order valence-electron chi connectivity index (χ4n) is 4.25. The highest BCUT2D eigenvalue weighted by Gasteiger charge is 2.42. The van der Waals surface area contributed by atoms with Crippen LogP contribution in [0.25, 0.3) is 0 Å². The Labute approximate surface area is 160 Å². The van der Waals surface area contributed by atoms with E-state index in [-0.39, 0.29) is 17.0 Å². The lowest BCUT2D eigenvalue weighted by molar-refractivity contribution is 0.173. The van der Waals surface area contributed by atoms with Gasteiger partial charge in [-0.15, -0.1) is 0 Å². The maximum absolute atomic E-state index is 12.8. The van der Waals surface area contributed by atoms with Crippen molar-refractivity contribution in [2.45, 2.75) is 37.6 Å². The quantitative estimate of drug-likeness (QED) is 0.789. The van der Waals surface area contributed by atoms with Gasteiger partial charge in [0.1, 0.15) is 12.1 Å². The maximum Gasteiger partial charge on any atom is 0.156 e. The van der Waals surface area contributed by atoms with Crippen LogP contribution in [-0.2, 0) is 16.4 Å². The van der Waals surface area contributed by atoms with Gasteiger partial charge in [0.25, 0.3) is 0 Å². The maximum atomic E-state index is 12.8. The molecule has 8 heteroatoms. The molecule has 0 radical (unpaired) electrons. The molecule has 0 unspecified atom stereocenters. The summed E-state index contributed by atoms with van der Waals surface area (Å²) in [6.45, 7) is 4.76. The number of hydrogen-bond acceptors (Lipinski definition) is 7. The lowest BCUT2D eigenvalue weighted by Gasteiger charge is -2.39. The summed E-state index contributed by atoms with van der Waals surface area (Å²) in [7, 11) is -3.07. The molecule has 0 aromatic carbocycles. The first-order valence-corrected chi connectivity index (χ1v) is 11.1. The van der Waals surface area contributed by atoms with Crippen molar-refractivity contribution in [3.05, 3.63) is 48.2 Å². The molecule has 0 N–H and O–H groups in total. The molecule has 27 heavy (non-hydrogen) atoms. The molecule has 2 saturated heterocycles. The zero-order valence-electron chi connectivity index (χ0n) is 15.5. The van der Waals surface area contributed by atoms with Gasteiger partial charge < -0.3 is 4.90 Å². The van der Waals surface area contributed by atoms with E-state index in [1.807, 2.05) is 31.2 Å². The minimum atomic E-state index is -3.07. The summed E-state index contributed by atoms with van der Waals surface area (Å²) in [5, 5.41) is -0.317. The molecule has 144 valence electrons. The van der Waals surface area contributed by atoms with Crippen molar-refractivity contribution in [1.82, 2.24) is 19.9 Å². The molecule has 7 nitrogen and oxygen atoms in total. The van der Waals surface area contributed by atoms with Crippen LogP contribution in [0, 0.1) is 6.92 Å². The summed E-state index contributed by atoms with van der Waals surface area (Å²) in [6.07, 6.45) is 4.71. The number of fused-ring (bicyclic) bond motifs is 1. The molecule has 2 fully saturated rings. The van der Waals surface area contributed by atoms with Crippen LogP contribution in [0.1, 0.15) is 24.2 Å². The van der Waals surface area contributed by atoms with Gasteiger partial charge in [0.2, 0.25) is 0 Å². The summed E-state index contributed by atoms with van der Waals surface area (Å²) in [5.41, 5.74) is 1.99. The van der Waals surface area contributed by atoms with E-state index in [2.05, 4.69) is 24.8 Å². The molecule has 4 rings (SSSR count). The first kappa shape index (κ1) is 18.3. The topological polar surface area (TPSA) is 79.3 Å². The van der Waals surface area contributed by atoms with E-state index in [0.29, 0.717) is 26.1 Å². The molecular formula is C19H25N5O2S. The van der Waals surface area contributed by atoms with Gasteiger partial charge in [0.15, 0.2) is 9.84 Å². The average Bonchev–Trinajstić information content (AvgIpc) is 2.89. The SMILES string of the molecule is Cc1cccc(CN2CCS(=O)(=O)[C@@H]3CCN(c4ccncn4)CC[C@@H]32)n1. The lowest BCUT2D eigenvalue weighted by Crippen LogP contribution is -2.54. The molecule has 2 aliphatic rings. The van der Waals surface area contributed by atoms with Crippen molar-refractivity contribution in [2.24, 2.45) is 0 Å². The predicted octanol–water partition coefficient (Wildman–Crippen LogP) is 1.45. The van der Waals surface area contributed by atoms with Gasteiger partial charge in [-0.25, -0.2) is 18.4 Å². The minimum Gasteiger partial charge on any atom is -0.356 e. The minimum absolute atomic E-state index is 0.0258. The lowest BCUT2D eigenvalue weighted by atomic mass is 10.1. The van der Waals surface area contributed by atoms with Gasteiger partial charge in [0, 0.05) is 44.1 Å². The molecule has 2 aromatic rings. The zero-order valence-corrected chi connectivity index (χ0v) is 16.3. The second-order valence-electron chi connectivity index (χ2n) is 7.35. The molecule has 0 saturated carbocycles. The molecule has 2 atom stereocenters. The molecule has 0 spiro atoms. The molecule has 0 amide bonds. The monoisotopic (exact) mass is 387 g/mol. The van der Waals surface area contributed by atoms with Crippen LogP contribution in [0.5, 0.6) is 0 Å². The van der Waals surface area contributed by atoms with Crippen molar-refractivity contribution in [2.75, 3.05) is 30.3 Å². The molecule has 2 aromatic heterocycles. The van der Waals surface area contributed by atoms with E-state index in [9.17, 15) is 8.42 Å². The predicted molar refractivity (Wildman–Crippen MR) is 104 cm³/mol. The number of rotatable bonds is 3. The Kier molecular flexibility index (Phi) is 5.10. The number of hydrogen-bond donors (Lipinski definition) is 0. The van der Waals surface area contributed by atoms with Crippen molar-refractivity contribution in [3.8, 4) is 0 Å². The third kappa shape index (κ3) is 3.96. The number of anilines is 1. The molecule has 0 aliphatic carbocycles. The summed E-state index contributed by atoms with van der Waals surface area (Å²) in [6, 6.07) is 7.93. The first-order chi connectivity index (χ1) is 13.0. The van der Waals surface area contributed by atoms with Crippen molar-refractivity contribution in [3.63, 3.8) is 0 Å². The van der Waals surface area contributed by atoms with E-state index >= 15 is 0 Å². The van der Waals surface area contributed by atoms with Gasteiger partial charge in [-0.3, -0.25) is 9.88 Å². The zero-order chi connectivity index (χ0) is 18.9. The molecular weight excluding hydrogens is 362 g/mol.